The highest BCUT2D eigenvalue weighted by Gasteiger charge is 2.26. The van der Waals surface area contributed by atoms with Crippen molar-refractivity contribution in [3.63, 3.8) is 0 Å². The van der Waals surface area contributed by atoms with E-state index in [1.807, 2.05) is 0 Å². The van der Waals surface area contributed by atoms with Crippen molar-refractivity contribution >= 4 is 15.7 Å². The predicted octanol–water partition coefficient (Wildman–Crippen LogP) is 0.212. The third kappa shape index (κ3) is 4.24. The van der Waals surface area contributed by atoms with Gasteiger partial charge in [0, 0.05) is 18.5 Å². The summed E-state index contributed by atoms with van der Waals surface area (Å²) in [5, 5.41) is 6.21. The summed E-state index contributed by atoms with van der Waals surface area (Å²) < 4.78 is 22.9. The lowest BCUT2D eigenvalue weighted by Gasteiger charge is -2.23. The van der Waals surface area contributed by atoms with E-state index in [0.717, 1.165) is 25.8 Å². The molecule has 0 saturated carbocycles. The predicted molar refractivity (Wildman–Crippen MR) is 70.1 cm³/mol. The van der Waals surface area contributed by atoms with Crippen LogP contribution in [0, 0.1) is 0 Å². The lowest BCUT2D eigenvalue weighted by molar-refractivity contribution is -0.121. The van der Waals surface area contributed by atoms with Crippen molar-refractivity contribution in [3.8, 4) is 0 Å². The molecule has 2 atom stereocenters. The van der Waals surface area contributed by atoms with E-state index in [9.17, 15) is 13.2 Å². The van der Waals surface area contributed by atoms with E-state index in [4.69, 9.17) is 0 Å². The quantitative estimate of drug-likeness (QED) is 0.768. The molecule has 0 spiro atoms. The van der Waals surface area contributed by atoms with Crippen LogP contribution in [0.3, 0.4) is 0 Å². The molecule has 0 bridgehead atoms. The monoisotopic (exact) mass is 274 g/mol. The molecule has 2 rings (SSSR count). The number of carbonyl (C=O) groups excluding carboxylic acids is 1. The van der Waals surface area contributed by atoms with Crippen molar-refractivity contribution < 1.29 is 13.2 Å². The van der Waals surface area contributed by atoms with E-state index in [0.29, 0.717) is 18.9 Å². The Morgan fingerprint density at radius 2 is 2.11 bits per heavy atom. The summed E-state index contributed by atoms with van der Waals surface area (Å²) in [5.74, 6) is 0.372. The smallest absolute Gasteiger partial charge is 0.220 e. The van der Waals surface area contributed by atoms with Gasteiger partial charge in [0.2, 0.25) is 5.91 Å². The van der Waals surface area contributed by atoms with Crippen molar-refractivity contribution in [1.82, 2.24) is 10.6 Å². The van der Waals surface area contributed by atoms with Crippen LogP contribution in [0.15, 0.2) is 0 Å². The fraction of sp³-hybridized carbons (Fsp3) is 0.917. The number of carbonyl (C=O) groups is 1. The van der Waals surface area contributed by atoms with Gasteiger partial charge >= 0.3 is 0 Å². The first-order valence-electron chi connectivity index (χ1n) is 6.78. The van der Waals surface area contributed by atoms with Crippen LogP contribution in [-0.4, -0.2) is 44.5 Å². The molecule has 0 aromatic carbocycles. The first kappa shape index (κ1) is 13.8. The molecule has 2 fully saturated rings. The summed E-state index contributed by atoms with van der Waals surface area (Å²) in [4.78, 5) is 11.7. The average molecular weight is 274 g/mol. The van der Waals surface area contributed by atoms with Gasteiger partial charge in [-0.3, -0.25) is 4.79 Å². The fourth-order valence-electron chi connectivity index (χ4n) is 2.74. The largest absolute Gasteiger partial charge is 0.352 e. The zero-order valence-electron chi connectivity index (χ0n) is 10.7. The van der Waals surface area contributed by atoms with Crippen LogP contribution >= 0.6 is 0 Å². The molecule has 2 aliphatic heterocycles. The van der Waals surface area contributed by atoms with Crippen molar-refractivity contribution in [2.24, 2.45) is 0 Å². The molecule has 5 nitrogen and oxygen atoms in total. The number of sulfone groups is 1. The maximum absolute atomic E-state index is 11.7. The molecule has 0 radical (unpaired) electrons. The lowest BCUT2D eigenvalue weighted by Crippen LogP contribution is -2.43. The van der Waals surface area contributed by atoms with Crippen molar-refractivity contribution in [1.29, 1.82) is 0 Å². The van der Waals surface area contributed by atoms with Crippen LogP contribution in [0.2, 0.25) is 0 Å². The number of rotatable bonds is 4. The second-order valence-electron chi connectivity index (χ2n) is 5.35. The highest BCUT2D eigenvalue weighted by Crippen LogP contribution is 2.13. The van der Waals surface area contributed by atoms with Gasteiger partial charge in [0.1, 0.15) is 0 Å². The third-order valence-corrected chi connectivity index (χ3v) is 5.53. The van der Waals surface area contributed by atoms with Gasteiger partial charge in [-0.05, 0) is 38.6 Å². The van der Waals surface area contributed by atoms with Gasteiger partial charge in [-0.1, -0.05) is 0 Å². The molecule has 2 unspecified atom stereocenters. The van der Waals surface area contributed by atoms with Gasteiger partial charge in [0.25, 0.3) is 0 Å². The molecule has 0 aliphatic carbocycles. The first-order valence-corrected chi connectivity index (χ1v) is 8.60. The SMILES string of the molecule is O=C(CCC1CCCN1)NC1CCCS(=O)(=O)C1. The number of amides is 1. The van der Waals surface area contributed by atoms with E-state index in [2.05, 4.69) is 10.6 Å². The zero-order valence-corrected chi connectivity index (χ0v) is 11.5. The van der Waals surface area contributed by atoms with E-state index in [1.165, 1.54) is 6.42 Å². The summed E-state index contributed by atoms with van der Waals surface area (Å²) in [6.45, 7) is 1.05. The Hall–Kier alpha value is -0.620. The number of hydrogen-bond acceptors (Lipinski definition) is 4. The van der Waals surface area contributed by atoms with Gasteiger partial charge in [-0.2, -0.15) is 0 Å². The summed E-state index contributed by atoms with van der Waals surface area (Å²) in [6.07, 6.45) is 5.13. The number of hydrogen-bond donors (Lipinski definition) is 2. The molecule has 2 saturated heterocycles. The van der Waals surface area contributed by atoms with Crippen LogP contribution in [0.5, 0.6) is 0 Å². The van der Waals surface area contributed by atoms with Crippen molar-refractivity contribution in [2.45, 2.75) is 50.6 Å². The number of nitrogens with one attached hydrogen (secondary N) is 2. The van der Waals surface area contributed by atoms with E-state index >= 15 is 0 Å². The first-order chi connectivity index (χ1) is 8.55. The molecule has 18 heavy (non-hydrogen) atoms. The molecular formula is C12H22N2O3S. The molecule has 2 N–H and O–H groups in total. The van der Waals surface area contributed by atoms with Crippen LogP contribution in [-0.2, 0) is 14.6 Å². The van der Waals surface area contributed by atoms with Crippen LogP contribution in [0.25, 0.3) is 0 Å². The molecule has 0 aromatic rings. The second kappa shape index (κ2) is 6.02. The van der Waals surface area contributed by atoms with Gasteiger partial charge in [-0.15, -0.1) is 0 Å². The maximum atomic E-state index is 11.7. The van der Waals surface area contributed by atoms with Crippen LogP contribution in [0.4, 0.5) is 0 Å². The summed E-state index contributed by atoms with van der Waals surface area (Å²) >= 11 is 0. The van der Waals surface area contributed by atoms with E-state index in [1.54, 1.807) is 0 Å². The summed E-state index contributed by atoms with van der Waals surface area (Å²) in [7, 11) is -2.94. The molecule has 104 valence electrons. The molecule has 0 aromatic heterocycles. The minimum absolute atomic E-state index is 0.00852. The Balaban J connectivity index is 1.70. The zero-order chi connectivity index (χ0) is 13.0. The Morgan fingerprint density at radius 3 is 2.78 bits per heavy atom. The van der Waals surface area contributed by atoms with Gasteiger partial charge in [0.15, 0.2) is 9.84 Å². The Bertz CT molecular complexity index is 388. The van der Waals surface area contributed by atoms with Gasteiger partial charge in [0.05, 0.1) is 11.5 Å². The molecular weight excluding hydrogens is 252 g/mol. The topological polar surface area (TPSA) is 75.3 Å². The second-order valence-corrected chi connectivity index (χ2v) is 7.58. The Labute approximate surface area is 109 Å². The van der Waals surface area contributed by atoms with Crippen molar-refractivity contribution in [3.05, 3.63) is 0 Å². The minimum Gasteiger partial charge on any atom is -0.352 e. The Kier molecular flexibility index (Phi) is 4.61. The van der Waals surface area contributed by atoms with Gasteiger partial charge < -0.3 is 10.6 Å². The third-order valence-electron chi connectivity index (χ3n) is 3.71. The van der Waals surface area contributed by atoms with Gasteiger partial charge in [-0.25, -0.2) is 8.42 Å². The lowest BCUT2D eigenvalue weighted by atomic mass is 10.1. The Morgan fingerprint density at radius 1 is 1.28 bits per heavy atom. The summed E-state index contributed by atoms with van der Waals surface area (Å²) in [6, 6.07) is 0.290. The average Bonchev–Trinajstić information content (AvgIpc) is 2.77. The fourth-order valence-corrected chi connectivity index (χ4v) is 4.38. The minimum atomic E-state index is -2.94. The van der Waals surface area contributed by atoms with Crippen molar-refractivity contribution in [2.75, 3.05) is 18.1 Å². The van der Waals surface area contributed by atoms with E-state index in [-0.39, 0.29) is 23.5 Å². The van der Waals surface area contributed by atoms with Crippen LogP contribution in [0.1, 0.15) is 38.5 Å². The maximum Gasteiger partial charge on any atom is 0.220 e. The van der Waals surface area contributed by atoms with Crippen LogP contribution < -0.4 is 10.6 Å². The highest BCUT2D eigenvalue weighted by molar-refractivity contribution is 7.91. The summed E-state index contributed by atoms with van der Waals surface area (Å²) in [5.41, 5.74) is 0. The molecule has 1 amide bonds. The normalized spacial score (nSPS) is 31.1. The standard InChI is InChI=1S/C12H22N2O3S/c15-12(6-5-10-3-1-7-13-10)14-11-4-2-8-18(16,17)9-11/h10-11,13H,1-9H2,(H,14,15). The van der Waals surface area contributed by atoms with E-state index < -0.39 is 9.84 Å². The molecule has 6 heteroatoms. The molecule has 2 aliphatic rings. The highest BCUT2D eigenvalue weighted by atomic mass is 32.2. The molecule has 2 heterocycles.